The van der Waals surface area contributed by atoms with Gasteiger partial charge in [-0.2, -0.15) is 0 Å². The maximum atomic E-state index is 2.55. The van der Waals surface area contributed by atoms with Gasteiger partial charge in [0.1, 0.15) is 0 Å². The molecule has 1 nitrogen and oxygen atoms in total. The fourth-order valence-corrected chi connectivity index (χ4v) is 5.14. The summed E-state index contributed by atoms with van der Waals surface area (Å²) >= 11 is 3.80. The molecule has 0 saturated carbocycles. The Hall–Kier alpha value is -1.32. The molecule has 0 aliphatic carbocycles. The van der Waals surface area contributed by atoms with Crippen LogP contribution < -0.4 is 0 Å². The summed E-state index contributed by atoms with van der Waals surface area (Å²) in [7, 11) is 0. The normalized spacial score (nSPS) is 11.3. The summed E-state index contributed by atoms with van der Waals surface area (Å²) in [5.41, 5.74) is 2.76. The zero-order chi connectivity index (χ0) is 17.6. The molecule has 0 atom stereocenters. The van der Waals surface area contributed by atoms with Gasteiger partial charge in [-0.1, -0.05) is 39.0 Å². The Bertz CT molecular complexity index is 733. The quantitative estimate of drug-likeness (QED) is 0.337. The number of aryl methyl sites for hydroxylation is 2. The number of hydrogen-bond acceptors (Lipinski definition) is 2. The van der Waals surface area contributed by atoms with Crippen LogP contribution in [0.2, 0.25) is 0 Å². The average molecular weight is 372 g/mol. The Morgan fingerprint density at radius 2 is 1.20 bits per heavy atom. The van der Waals surface area contributed by atoms with Gasteiger partial charge in [-0.25, -0.2) is 0 Å². The fourth-order valence-electron chi connectivity index (χ4n) is 3.33. The first kappa shape index (κ1) is 18.5. The van der Waals surface area contributed by atoms with Crippen LogP contribution in [0.15, 0.2) is 36.4 Å². The molecule has 0 fully saturated rings. The summed E-state index contributed by atoms with van der Waals surface area (Å²) < 4.78 is 2.55. The molecule has 0 bridgehead atoms. The van der Waals surface area contributed by atoms with Gasteiger partial charge in [0, 0.05) is 16.3 Å². The summed E-state index contributed by atoms with van der Waals surface area (Å²) in [6.07, 6.45) is 8.06. The van der Waals surface area contributed by atoms with Crippen LogP contribution in [-0.4, -0.2) is 4.57 Å². The number of rotatable bonds is 9. The van der Waals surface area contributed by atoms with E-state index >= 15 is 0 Å². The number of hydrogen-bond donors (Lipinski definition) is 0. The molecule has 0 radical (unpaired) electrons. The van der Waals surface area contributed by atoms with Crippen LogP contribution in [0.3, 0.4) is 0 Å². The van der Waals surface area contributed by atoms with E-state index in [0.717, 1.165) is 6.54 Å². The van der Waals surface area contributed by atoms with Crippen molar-refractivity contribution in [2.24, 2.45) is 0 Å². The predicted molar refractivity (Wildman–Crippen MR) is 114 cm³/mol. The van der Waals surface area contributed by atoms with E-state index in [1.807, 2.05) is 22.7 Å². The van der Waals surface area contributed by atoms with E-state index in [2.05, 4.69) is 61.7 Å². The van der Waals surface area contributed by atoms with Gasteiger partial charge in [0.05, 0.1) is 21.1 Å². The number of nitrogens with zero attached hydrogens (tertiary/aromatic N) is 1. The second kappa shape index (κ2) is 8.86. The van der Waals surface area contributed by atoms with Gasteiger partial charge in [0.15, 0.2) is 0 Å². The van der Waals surface area contributed by atoms with E-state index in [9.17, 15) is 0 Å². The van der Waals surface area contributed by atoms with Crippen LogP contribution in [0.5, 0.6) is 0 Å². The van der Waals surface area contributed by atoms with Gasteiger partial charge in [-0.05, 0) is 56.7 Å². The molecule has 25 heavy (non-hydrogen) atoms. The molecule has 3 heteroatoms. The van der Waals surface area contributed by atoms with E-state index in [-0.39, 0.29) is 0 Å². The first-order chi connectivity index (χ1) is 12.2. The summed E-state index contributed by atoms with van der Waals surface area (Å²) in [6.45, 7) is 7.79. The first-order valence-electron chi connectivity index (χ1n) is 9.52. The lowest BCUT2D eigenvalue weighted by Gasteiger charge is -2.12. The highest BCUT2D eigenvalue weighted by Gasteiger charge is 2.14. The molecule has 3 aromatic heterocycles. The van der Waals surface area contributed by atoms with Crippen molar-refractivity contribution in [1.82, 2.24) is 4.57 Å². The van der Waals surface area contributed by atoms with E-state index in [0.29, 0.717) is 0 Å². The number of aromatic nitrogens is 1. The molecule has 0 aromatic carbocycles. The predicted octanol–water partition coefficient (Wildman–Crippen LogP) is 7.92. The number of thiophene rings is 2. The van der Waals surface area contributed by atoms with E-state index in [4.69, 9.17) is 0 Å². The summed E-state index contributed by atoms with van der Waals surface area (Å²) in [5.74, 6) is 0. The van der Waals surface area contributed by atoms with Crippen molar-refractivity contribution in [3.05, 3.63) is 46.2 Å². The Morgan fingerprint density at radius 3 is 1.68 bits per heavy atom. The average Bonchev–Trinajstić information content (AvgIpc) is 3.30. The van der Waals surface area contributed by atoms with E-state index < -0.39 is 0 Å². The monoisotopic (exact) mass is 371 g/mol. The Kier molecular flexibility index (Phi) is 6.55. The summed E-state index contributed by atoms with van der Waals surface area (Å²) in [4.78, 5) is 5.55. The smallest absolute Gasteiger partial charge is 0.0587 e. The van der Waals surface area contributed by atoms with Crippen molar-refractivity contribution < 1.29 is 0 Å². The molecule has 0 saturated heterocycles. The molecule has 3 rings (SSSR count). The highest BCUT2D eigenvalue weighted by Crippen LogP contribution is 2.35. The van der Waals surface area contributed by atoms with Gasteiger partial charge in [0.25, 0.3) is 0 Å². The summed E-state index contributed by atoms with van der Waals surface area (Å²) in [5, 5.41) is 0. The minimum atomic E-state index is 1.12. The lowest BCUT2D eigenvalue weighted by molar-refractivity contribution is 0.563. The van der Waals surface area contributed by atoms with Crippen molar-refractivity contribution in [3.8, 4) is 21.1 Å². The lowest BCUT2D eigenvalue weighted by Crippen LogP contribution is -2.01. The molecular weight excluding hydrogens is 342 g/mol. The van der Waals surface area contributed by atoms with Crippen LogP contribution in [0, 0.1) is 13.8 Å². The minimum absolute atomic E-state index is 1.12. The van der Waals surface area contributed by atoms with Gasteiger partial charge < -0.3 is 4.57 Å². The van der Waals surface area contributed by atoms with Crippen LogP contribution in [0.25, 0.3) is 21.1 Å². The fraction of sp³-hybridized carbons (Fsp3) is 0.455. The van der Waals surface area contributed by atoms with Crippen LogP contribution in [0.4, 0.5) is 0 Å². The SMILES string of the molecule is CCCCCCCCn1c(-c2ccc(C)s2)ccc1-c1ccc(C)s1. The molecule has 0 amide bonds. The van der Waals surface area contributed by atoms with Crippen molar-refractivity contribution >= 4 is 22.7 Å². The Balaban J connectivity index is 1.80. The highest BCUT2D eigenvalue weighted by molar-refractivity contribution is 7.15. The van der Waals surface area contributed by atoms with Crippen molar-refractivity contribution in [3.63, 3.8) is 0 Å². The molecule has 0 aliphatic rings. The van der Waals surface area contributed by atoms with Crippen LogP contribution in [0.1, 0.15) is 55.2 Å². The van der Waals surface area contributed by atoms with Gasteiger partial charge in [-0.3, -0.25) is 0 Å². The number of unbranched alkanes of at least 4 members (excludes halogenated alkanes) is 5. The van der Waals surface area contributed by atoms with Gasteiger partial charge >= 0.3 is 0 Å². The van der Waals surface area contributed by atoms with Crippen LogP contribution >= 0.6 is 22.7 Å². The Labute approximate surface area is 160 Å². The third-order valence-corrected chi connectivity index (χ3v) is 6.75. The van der Waals surface area contributed by atoms with E-state index in [1.54, 1.807) is 0 Å². The molecule has 134 valence electrons. The second-order valence-electron chi connectivity index (χ2n) is 6.84. The molecule has 0 spiro atoms. The maximum absolute atomic E-state index is 2.55. The largest absolute Gasteiger partial charge is 0.339 e. The zero-order valence-electron chi connectivity index (χ0n) is 15.7. The molecule has 3 aromatic rings. The van der Waals surface area contributed by atoms with Crippen LogP contribution in [-0.2, 0) is 6.54 Å². The lowest BCUT2D eigenvalue weighted by atomic mass is 10.1. The maximum Gasteiger partial charge on any atom is 0.0587 e. The molecule has 0 unspecified atom stereocenters. The molecule has 0 aliphatic heterocycles. The molecular formula is C22H29NS2. The topological polar surface area (TPSA) is 4.93 Å². The van der Waals surface area contributed by atoms with Crippen molar-refractivity contribution in [1.29, 1.82) is 0 Å². The molecule has 0 N–H and O–H groups in total. The third-order valence-electron chi connectivity index (χ3n) is 4.70. The van der Waals surface area contributed by atoms with Crippen molar-refractivity contribution in [2.75, 3.05) is 0 Å². The highest BCUT2D eigenvalue weighted by atomic mass is 32.1. The van der Waals surface area contributed by atoms with Crippen molar-refractivity contribution in [2.45, 2.75) is 65.8 Å². The van der Waals surface area contributed by atoms with Gasteiger partial charge in [0.2, 0.25) is 0 Å². The van der Waals surface area contributed by atoms with E-state index in [1.165, 1.54) is 69.4 Å². The molecule has 3 heterocycles. The summed E-state index contributed by atoms with van der Waals surface area (Å²) in [6, 6.07) is 13.6. The minimum Gasteiger partial charge on any atom is -0.339 e. The standard InChI is InChI=1S/C22H29NS2/c1-4-5-6-7-8-9-16-23-19(21-14-10-17(2)24-21)12-13-20(23)22-15-11-18(3)25-22/h10-15H,4-9,16H2,1-3H3. The van der Waals surface area contributed by atoms with Gasteiger partial charge in [-0.15, -0.1) is 22.7 Å². The Morgan fingerprint density at radius 1 is 0.680 bits per heavy atom. The first-order valence-corrected chi connectivity index (χ1v) is 11.2. The third kappa shape index (κ3) is 4.65. The zero-order valence-corrected chi connectivity index (χ0v) is 17.3. The second-order valence-corrected chi connectivity index (χ2v) is 9.42.